The van der Waals surface area contributed by atoms with Gasteiger partial charge in [-0.1, -0.05) is 12.1 Å². The first-order valence-corrected chi connectivity index (χ1v) is 6.41. The second-order valence-corrected chi connectivity index (χ2v) is 4.83. The van der Waals surface area contributed by atoms with Gasteiger partial charge < -0.3 is 0 Å². The molecule has 0 atom stereocenters. The molecule has 4 nitrogen and oxygen atoms in total. The van der Waals surface area contributed by atoms with E-state index in [-0.39, 0.29) is 9.87 Å². The van der Waals surface area contributed by atoms with Crippen molar-refractivity contribution in [1.29, 1.82) is 0 Å². The van der Waals surface area contributed by atoms with Gasteiger partial charge in [-0.2, -0.15) is 22.5 Å². The summed E-state index contributed by atoms with van der Waals surface area (Å²) < 4.78 is 42.2. The minimum atomic E-state index is -4.59. The molecule has 0 bridgehead atoms. The number of anilines is 1. The van der Waals surface area contributed by atoms with Gasteiger partial charge in [-0.25, -0.2) is 0 Å². The number of aromatic nitrogens is 2. The van der Waals surface area contributed by atoms with Crippen LogP contribution in [-0.4, -0.2) is 15.3 Å². The summed E-state index contributed by atoms with van der Waals surface area (Å²) in [4.78, 5) is 15.6. The highest BCUT2D eigenvalue weighted by molar-refractivity contribution is 9.10. The van der Waals surface area contributed by atoms with Crippen LogP contribution in [0.4, 0.5) is 18.3 Å². The van der Waals surface area contributed by atoms with Gasteiger partial charge in [0.05, 0.1) is 11.1 Å². The lowest BCUT2D eigenvalue weighted by Crippen LogP contribution is -2.18. The molecule has 1 N–H and O–H groups in total. The fourth-order valence-electron chi connectivity index (χ4n) is 1.35. The molecule has 1 aromatic carbocycles. The molecule has 0 radical (unpaired) electrons. The molecule has 0 spiro atoms. The van der Waals surface area contributed by atoms with E-state index in [4.69, 9.17) is 0 Å². The average Bonchev–Trinajstić information content (AvgIpc) is 2.73. The summed E-state index contributed by atoms with van der Waals surface area (Å²) in [6.45, 7) is 0. The molecule has 0 saturated heterocycles. The number of carbonyl (C=O) groups is 1. The Hall–Kier alpha value is -1.48. The third-order valence-corrected chi connectivity index (χ3v) is 3.32. The normalized spacial score (nSPS) is 11.4. The fourth-order valence-corrected chi connectivity index (χ4v) is 2.33. The maximum atomic E-state index is 12.7. The van der Waals surface area contributed by atoms with E-state index in [1.165, 1.54) is 12.1 Å². The van der Waals surface area contributed by atoms with Crippen molar-refractivity contribution in [3.05, 3.63) is 40.1 Å². The maximum absolute atomic E-state index is 12.7. The highest BCUT2D eigenvalue weighted by Crippen LogP contribution is 2.32. The van der Waals surface area contributed by atoms with Crippen molar-refractivity contribution < 1.29 is 18.0 Å². The summed E-state index contributed by atoms with van der Waals surface area (Å²) in [5.41, 5.74) is -1.45. The first-order valence-electron chi connectivity index (χ1n) is 4.84. The minimum absolute atomic E-state index is 0.119. The van der Waals surface area contributed by atoms with Crippen LogP contribution >= 0.6 is 27.5 Å². The number of nitrogens with one attached hydrogen (secondary N) is 1. The summed E-state index contributed by atoms with van der Waals surface area (Å²) in [6.07, 6.45) is -4.59. The van der Waals surface area contributed by atoms with Gasteiger partial charge in [0.15, 0.2) is 0 Å². The van der Waals surface area contributed by atoms with E-state index >= 15 is 0 Å². The molecule has 1 heterocycles. The van der Waals surface area contributed by atoms with Gasteiger partial charge in [-0.15, -0.1) is 0 Å². The highest BCUT2D eigenvalue weighted by atomic mass is 79.9. The molecule has 9 heteroatoms. The van der Waals surface area contributed by atoms with E-state index < -0.39 is 23.2 Å². The van der Waals surface area contributed by atoms with E-state index in [2.05, 4.69) is 30.6 Å². The van der Waals surface area contributed by atoms with Gasteiger partial charge in [0.25, 0.3) is 5.91 Å². The summed E-state index contributed by atoms with van der Waals surface area (Å²) >= 11 is 3.85. The van der Waals surface area contributed by atoms with Gasteiger partial charge >= 0.3 is 6.18 Å². The summed E-state index contributed by atoms with van der Waals surface area (Å²) in [5, 5.41) is 2.39. The zero-order chi connectivity index (χ0) is 14.0. The summed E-state index contributed by atoms with van der Waals surface area (Å²) in [7, 11) is 0. The van der Waals surface area contributed by atoms with E-state index in [0.29, 0.717) is 0 Å². The number of amides is 1. The predicted octanol–water partition coefficient (Wildman–Crippen LogP) is 3.57. The zero-order valence-corrected chi connectivity index (χ0v) is 11.4. The van der Waals surface area contributed by atoms with Crippen LogP contribution in [0.15, 0.2) is 29.0 Å². The van der Waals surface area contributed by atoms with E-state index in [0.717, 1.165) is 23.7 Å². The van der Waals surface area contributed by atoms with Crippen molar-refractivity contribution in [2.24, 2.45) is 0 Å². The molecular formula is C10H5BrF3N3OS. The lowest BCUT2D eigenvalue weighted by Gasteiger charge is -2.11. The molecule has 0 aliphatic heterocycles. The average molecular weight is 352 g/mol. The van der Waals surface area contributed by atoms with Gasteiger partial charge in [0.1, 0.15) is 0 Å². The molecule has 100 valence electrons. The van der Waals surface area contributed by atoms with Crippen LogP contribution in [0.2, 0.25) is 0 Å². The number of halogens is 4. The number of hydrogen-bond acceptors (Lipinski definition) is 4. The Morgan fingerprint density at radius 3 is 2.58 bits per heavy atom. The monoisotopic (exact) mass is 351 g/mol. The van der Waals surface area contributed by atoms with Crippen LogP contribution < -0.4 is 5.32 Å². The smallest absolute Gasteiger partial charge is 0.297 e. The van der Waals surface area contributed by atoms with E-state index in [1.807, 2.05) is 0 Å². The van der Waals surface area contributed by atoms with Crippen LogP contribution in [0.3, 0.4) is 0 Å². The zero-order valence-electron chi connectivity index (χ0n) is 9.03. The van der Waals surface area contributed by atoms with Crippen molar-refractivity contribution >= 4 is 38.5 Å². The van der Waals surface area contributed by atoms with E-state index in [9.17, 15) is 18.0 Å². The van der Waals surface area contributed by atoms with Gasteiger partial charge in [0.2, 0.25) is 9.87 Å². The van der Waals surface area contributed by atoms with Crippen LogP contribution in [0.25, 0.3) is 0 Å². The topological polar surface area (TPSA) is 54.9 Å². The largest absolute Gasteiger partial charge is 0.417 e. The van der Waals surface area contributed by atoms with Gasteiger partial charge in [-0.05, 0) is 28.1 Å². The highest BCUT2D eigenvalue weighted by Gasteiger charge is 2.34. The van der Waals surface area contributed by atoms with Crippen LogP contribution in [0, 0.1) is 0 Å². The Bertz CT molecular complexity index is 614. The molecule has 0 saturated carbocycles. The number of hydrogen-bond donors (Lipinski definition) is 1. The molecular weight excluding hydrogens is 347 g/mol. The second kappa shape index (κ2) is 5.25. The molecule has 0 aliphatic rings. The third kappa shape index (κ3) is 3.29. The minimum Gasteiger partial charge on any atom is -0.297 e. The number of alkyl halides is 3. The Morgan fingerprint density at radius 1 is 1.32 bits per heavy atom. The van der Waals surface area contributed by atoms with Crippen molar-refractivity contribution in [3.63, 3.8) is 0 Å². The number of benzene rings is 1. The first-order chi connectivity index (χ1) is 8.88. The van der Waals surface area contributed by atoms with Crippen molar-refractivity contribution in [2.75, 3.05) is 5.32 Å². The number of rotatable bonds is 2. The fraction of sp³-hybridized carbons (Fsp3) is 0.100. The maximum Gasteiger partial charge on any atom is 0.417 e. The molecule has 2 rings (SSSR count). The second-order valence-electron chi connectivity index (χ2n) is 3.37. The molecule has 19 heavy (non-hydrogen) atoms. The van der Waals surface area contributed by atoms with Gasteiger partial charge in [0, 0.05) is 11.5 Å². The first kappa shape index (κ1) is 13.9. The van der Waals surface area contributed by atoms with Crippen LogP contribution in [0.1, 0.15) is 15.9 Å². The SMILES string of the molecule is O=C(Nc1nc(Br)ns1)c1ccccc1C(F)(F)F. The molecule has 0 fully saturated rings. The van der Waals surface area contributed by atoms with E-state index in [1.54, 1.807) is 0 Å². The van der Waals surface area contributed by atoms with Crippen molar-refractivity contribution in [1.82, 2.24) is 9.36 Å². The Kier molecular flexibility index (Phi) is 3.85. The number of carbonyl (C=O) groups excluding carboxylic acids is 1. The lowest BCUT2D eigenvalue weighted by molar-refractivity contribution is -0.137. The molecule has 2 aromatic rings. The Morgan fingerprint density at radius 2 is 2.00 bits per heavy atom. The van der Waals surface area contributed by atoms with Crippen molar-refractivity contribution in [2.45, 2.75) is 6.18 Å². The summed E-state index contributed by atoms with van der Waals surface area (Å²) in [6, 6.07) is 4.54. The molecule has 0 aliphatic carbocycles. The predicted molar refractivity (Wildman–Crippen MR) is 67.0 cm³/mol. The van der Waals surface area contributed by atoms with Gasteiger partial charge in [-0.3, -0.25) is 10.1 Å². The number of nitrogens with zero attached hydrogens (tertiary/aromatic N) is 2. The Labute approximate surface area is 118 Å². The van der Waals surface area contributed by atoms with Crippen LogP contribution in [-0.2, 0) is 6.18 Å². The quantitative estimate of drug-likeness (QED) is 0.899. The standard InChI is InChI=1S/C10H5BrF3N3OS/c11-8-16-9(19-17-8)15-7(18)5-3-1-2-4-6(5)10(12,13)14/h1-4H,(H,15,16,17,18). The third-order valence-electron chi connectivity index (χ3n) is 2.10. The summed E-state index contributed by atoms with van der Waals surface area (Å²) in [5.74, 6) is -0.878. The Balaban J connectivity index is 2.29. The molecule has 1 aromatic heterocycles. The lowest BCUT2D eigenvalue weighted by atomic mass is 10.1. The van der Waals surface area contributed by atoms with Crippen molar-refractivity contribution in [3.8, 4) is 0 Å². The molecule has 0 unspecified atom stereocenters. The van der Waals surface area contributed by atoms with Crippen LogP contribution in [0.5, 0.6) is 0 Å². The molecule has 1 amide bonds.